The zero-order valence-corrected chi connectivity index (χ0v) is 9.27. The molecule has 2 fully saturated rings. The van der Waals surface area contributed by atoms with E-state index in [0.717, 1.165) is 19.3 Å². The third-order valence-electron chi connectivity index (χ3n) is 3.26. The summed E-state index contributed by atoms with van der Waals surface area (Å²) in [6.45, 7) is 3.68. The van der Waals surface area contributed by atoms with Gasteiger partial charge in [0, 0.05) is 18.5 Å². The summed E-state index contributed by atoms with van der Waals surface area (Å²) >= 11 is 0. The number of esters is 1. The van der Waals surface area contributed by atoms with Crippen molar-refractivity contribution in [2.75, 3.05) is 0 Å². The van der Waals surface area contributed by atoms with Gasteiger partial charge in [0.15, 0.2) is 0 Å². The van der Waals surface area contributed by atoms with E-state index >= 15 is 0 Å². The van der Waals surface area contributed by atoms with Gasteiger partial charge >= 0.3 is 5.97 Å². The van der Waals surface area contributed by atoms with Gasteiger partial charge in [-0.3, -0.25) is 4.79 Å². The maximum absolute atomic E-state index is 11.4. The molecule has 0 amide bonds. The Morgan fingerprint density at radius 1 is 1.40 bits per heavy atom. The van der Waals surface area contributed by atoms with Crippen LogP contribution in [0.1, 0.15) is 33.1 Å². The highest BCUT2D eigenvalue weighted by atomic mass is 16.5. The number of ether oxygens (including phenoxy) is 1. The number of carbonyl (C=O) groups is 1. The number of aliphatic hydroxyl groups excluding tert-OH is 1. The Kier molecular flexibility index (Phi) is 2.98. The molecule has 0 aliphatic carbocycles. The van der Waals surface area contributed by atoms with Gasteiger partial charge in [-0.15, -0.1) is 0 Å². The minimum Gasteiger partial charge on any atom is -0.462 e. The van der Waals surface area contributed by atoms with Crippen molar-refractivity contribution in [2.24, 2.45) is 5.92 Å². The number of aliphatic hydroxyl groups is 1. The normalized spacial score (nSPS) is 39.5. The molecule has 2 heterocycles. The average Bonchev–Trinajstić information content (AvgIpc) is 2.40. The molecule has 2 N–H and O–H groups in total. The van der Waals surface area contributed by atoms with E-state index in [1.54, 1.807) is 0 Å². The van der Waals surface area contributed by atoms with E-state index in [9.17, 15) is 9.90 Å². The van der Waals surface area contributed by atoms with Crippen molar-refractivity contribution in [3.8, 4) is 0 Å². The Morgan fingerprint density at radius 3 is 2.73 bits per heavy atom. The fraction of sp³-hybridized carbons (Fsp3) is 0.909. The first kappa shape index (κ1) is 10.9. The predicted octanol–water partition coefficient (Wildman–Crippen LogP) is 0.439. The molecule has 4 heteroatoms. The lowest BCUT2D eigenvalue weighted by Crippen LogP contribution is -2.44. The van der Waals surface area contributed by atoms with Gasteiger partial charge in [-0.05, 0) is 12.8 Å². The standard InChI is InChI=1S/C11H19NO3/c1-6(2)11(14)15-8-3-7-4-10(13)9(5-8)12-7/h6-10,12-13H,3-5H2,1-2H3. The summed E-state index contributed by atoms with van der Waals surface area (Å²) in [6.07, 6.45) is 2.11. The van der Waals surface area contributed by atoms with Gasteiger partial charge in [-0.1, -0.05) is 13.8 Å². The molecule has 2 rings (SSSR count). The van der Waals surface area contributed by atoms with Gasteiger partial charge in [0.1, 0.15) is 6.10 Å². The van der Waals surface area contributed by atoms with E-state index < -0.39 is 0 Å². The lowest BCUT2D eigenvalue weighted by Gasteiger charge is -2.29. The van der Waals surface area contributed by atoms with Crippen LogP contribution in [0.3, 0.4) is 0 Å². The van der Waals surface area contributed by atoms with Crippen molar-refractivity contribution in [1.82, 2.24) is 5.32 Å². The third-order valence-corrected chi connectivity index (χ3v) is 3.26. The van der Waals surface area contributed by atoms with Crippen LogP contribution in [0, 0.1) is 5.92 Å². The van der Waals surface area contributed by atoms with E-state index in [2.05, 4.69) is 5.32 Å². The van der Waals surface area contributed by atoms with Gasteiger partial charge in [0.2, 0.25) is 0 Å². The summed E-state index contributed by atoms with van der Waals surface area (Å²) < 4.78 is 5.39. The Morgan fingerprint density at radius 2 is 2.13 bits per heavy atom. The summed E-state index contributed by atoms with van der Waals surface area (Å²) in [5.74, 6) is -0.196. The lowest BCUT2D eigenvalue weighted by atomic mass is 10.0. The second-order valence-electron chi connectivity index (χ2n) is 4.96. The fourth-order valence-electron chi connectivity index (χ4n) is 2.42. The van der Waals surface area contributed by atoms with Crippen LogP contribution in [-0.4, -0.2) is 35.4 Å². The fourth-order valence-corrected chi connectivity index (χ4v) is 2.42. The van der Waals surface area contributed by atoms with E-state index in [0.29, 0.717) is 6.04 Å². The molecule has 0 aromatic heterocycles. The largest absolute Gasteiger partial charge is 0.462 e. The first-order valence-corrected chi connectivity index (χ1v) is 5.71. The number of hydrogen-bond acceptors (Lipinski definition) is 4. The molecule has 2 saturated heterocycles. The maximum atomic E-state index is 11.4. The molecular weight excluding hydrogens is 194 g/mol. The van der Waals surface area contributed by atoms with Gasteiger partial charge < -0.3 is 15.2 Å². The SMILES string of the molecule is CC(C)C(=O)OC1CC2CC(O)C(C1)N2. The molecule has 0 spiro atoms. The number of piperidine rings is 1. The number of carbonyl (C=O) groups excluding carboxylic acids is 1. The molecule has 4 nitrogen and oxygen atoms in total. The third kappa shape index (κ3) is 2.32. The average molecular weight is 213 g/mol. The van der Waals surface area contributed by atoms with Crippen molar-refractivity contribution < 1.29 is 14.6 Å². The molecule has 4 atom stereocenters. The van der Waals surface area contributed by atoms with Crippen molar-refractivity contribution in [3.63, 3.8) is 0 Å². The van der Waals surface area contributed by atoms with Crippen molar-refractivity contribution in [2.45, 2.75) is 57.4 Å². The monoisotopic (exact) mass is 213 g/mol. The Labute approximate surface area is 90.0 Å². The van der Waals surface area contributed by atoms with E-state index in [4.69, 9.17) is 4.74 Å². The summed E-state index contributed by atoms with van der Waals surface area (Å²) in [5, 5.41) is 13.0. The first-order valence-electron chi connectivity index (χ1n) is 5.71. The smallest absolute Gasteiger partial charge is 0.308 e. The molecule has 0 saturated carbocycles. The van der Waals surface area contributed by atoms with Gasteiger partial charge in [0.25, 0.3) is 0 Å². The highest BCUT2D eigenvalue weighted by Gasteiger charge is 2.40. The number of hydrogen-bond donors (Lipinski definition) is 2. The molecular formula is C11H19NO3. The van der Waals surface area contributed by atoms with Crippen LogP contribution in [0.15, 0.2) is 0 Å². The molecule has 4 unspecified atom stereocenters. The highest BCUT2D eigenvalue weighted by Crippen LogP contribution is 2.29. The first-order chi connectivity index (χ1) is 7.06. The van der Waals surface area contributed by atoms with E-state index in [-0.39, 0.29) is 30.1 Å². The van der Waals surface area contributed by atoms with Crippen LogP contribution in [0.2, 0.25) is 0 Å². The Hall–Kier alpha value is -0.610. The van der Waals surface area contributed by atoms with Crippen LogP contribution >= 0.6 is 0 Å². The van der Waals surface area contributed by atoms with Gasteiger partial charge in [0.05, 0.1) is 12.0 Å². The summed E-state index contributed by atoms with van der Waals surface area (Å²) in [7, 11) is 0. The maximum Gasteiger partial charge on any atom is 0.308 e. The van der Waals surface area contributed by atoms with Crippen LogP contribution in [0.4, 0.5) is 0 Å². The lowest BCUT2D eigenvalue weighted by molar-refractivity contribution is -0.154. The molecule has 0 radical (unpaired) electrons. The molecule has 2 bridgehead atoms. The second-order valence-corrected chi connectivity index (χ2v) is 4.96. The predicted molar refractivity (Wildman–Crippen MR) is 55.3 cm³/mol. The van der Waals surface area contributed by atoms with E-state index in [1.807, 2.05) is 13.8 Å². The molecule has 0 aromatic rings. The number of nitrogens with one attached hydrogen (secondary N) is 1. The summed E-state index contributed by atoms with van der Waals surface area (Å²) in [5.41, 5.74) is 0. The van der Waals surface area contributed by atoms with Crippen LogP contribution in [-0.2, 0) is 9.53 Å². The second kappa shape index (κ2) is 4.10. The zero-order chi connectivity index (χ0) is 11.0. The topological polar surface area (TPSA) is 58.6 Å². The summed E-state index contributed by atoms with van der Waals surface area (Å²) in [4.78, 5) is 11.4. The van der Waals surface area contributed by atoms with Crippen LogP contribution < -0.4 is 5.32 Å². The Balaban J connectivity index is 1.88. The van der Waals surface area contributed by atoms with E-state index in [1.165, 1.54) is 0 Å². The highest BCUT2D eigenvalue weighted by molar-refractivity contribution is 5.71. The van der Waals surface area contributed by atoms with Crippen molar-refractivity contribution in [3.05, 3.63) is 0 Å². The van der Waals surface area contributed by atoms with Gasteiger partial charge in [-0.2, -0.15) is 0 Å². The minimum absolute atomic E-state index is 0.00620. The van der Waals surface area contributed by atoms with Crippen LogP contribution in [0.25, 0.3) is 0 Å². The van der Waals surface area contributed by atoms with Crippen LogP contribution in [0.5, 0.6) is 0 Å². The zero-order valence-electron chi connectivity index (χ0n) is 9.27. The molecule has 2 aliphatic heterocycles. The molecule has 15 heavy (non-hydrogen) atoms. The Bertz CT molecular complexity index is 252. The minimum atomic E-state index is -0.266. The molecule has 0 aromatic carbocycles. The van der Waals surface area contributed by atoms with Crippen molar-refractivity contribution in [1.29, 1.82) is 0 Å². The quantitative estimate of drug-likeness (QED) is 0.653. The van der Waals surface area contributed by atoms with Crippen molar-refractivity contribution >= 4 is 5.97 Å². The molecule has 86 valence electrons. The number of fused-ring (bicyclic) bond motifs is 2. The molecule has 2 aliphatic rings. The van der Waals surface area contributed by atoms with Gasteiger partial charge in [-0.25, -0.2) is 0 Å². The number of rotatable bonds is 2. The summed E-state index contributed by atoms with van der Waals surface area (Å²) in [6, 6.07) is 0.442.